The monoisotopic (exact) mass is 380 g/mol. The summed E-state index contributed by atoms with van der Waals surface area (Å²) in [6.45, 7) is 4.87. The fourth-order valence-corrected chi connectivity index (χ4v) is 3.49. The van der Waals surface area contributed by atoms with Crippen LogP contribution in [0.5, 0.6) is 0 Å². The molecule has 0 aliphatic carbocycles. The van der Waals surface area contributed by atoms with Crippen LogP contribution in [-0.4, -0.2) is 39.7 Å². The second kappa shape index (κ2) is 7.34. The second-order valence-electron chi connectivity index (χ2n) is 7.12. The number of benzene rings is 1. The fourth-order valence-electron chi connectivity index (χ4n) is 3.49. The maximum Gasteiger partial charge on any atom is 0.416 e. The minimum atomic E-state index is -4.43. The number of carbonyl (C=O) groups is 1. The molecule has 1 amide bonds. The van der Waals surface area contributed by atoms with Crippen molar-refractivity contribution in [3.8, 4) is 5.69 Å². The minimum absolute atomic E-state index is 0.00882. The molecular formula is C19H23F3N4O. The maximum absolute atomic E-state index is 13.0. The SMILES string of the molecule is Cc1c(C(=O)N2CCCC(C(C)N)C2)cnn1-c1cccc(C(F)(F)F)c1. The number of alkyl halides is 3. The molecule has 0 spiro atoms. The van der Waals surface area contributed by atoms with Crippen molar-refractivity contribution in [3.05, 3.63) is 47.3 Å². The Morgan fingerprint density at radius 1 is 1.37 bits per heavy atom. The van der Waals surface area contributed by atoms with E-state index in [0.29, 0.717) is 24.3 Å². The van der Waals surface area contributed by atoms with Crippen molar-refractivity contribution in [1.82, 2.24) is 14.7 Å². The lowest BCUT2D eigenvalue weighted by atomic mass is 9.92. The van der Waals surface area contributed by atoms with Gasteiger partial charge in [0.25, 0.3) is 5.91 Å². The molecule has 146 valence electrons. The first kappa shape index (κ1) is 19.4. The van der Waals surface area contributed by atoms with E-state index in [-0.39, 0.29) is 23.6 Å². The zero-order chi connectivity index (χ0) is 19.8. The van der Waals surface area contributed by atoms with Gasteiger partial charge in [0, 0.05) is 19.1 Å². The van der Waals surface area contributed by atoms with Crippen molar-refractivity contribution in [2.45, 2.75) is 38.9 Å². The van der Waals surface area contributed by atoms with Crippen LogP contribution in [-0.2, 0) is 6.18 Å². The highest BCUT2D eigenvalue weighted by Crippen LogP contribution is 2.30. The summed E-state index contributed by atoms with van der Waals surface area (Å²) < 4.78 is 40.3. The second-order valence-corrected chi connectivity index (χ2v) is 7.12. The van der Waals surface area contributed by atoms with Crippen LogP contribution < -0.4 is 5.73 Å². The first-order valence-corrected chi connectivity index (χ1v) is 8.95. The topological polar surface area (TPSA) is 64.2 Å². The van der Waals surface area contributed by atoms with Gasteiger partial charge in [-0.15, -0.1) is 0 Å². The molecule has 1 aliphatic heterocycles. The van der Waals surface area contributed by atoms with Crippen molar-refractivity contribution >= 4 is 5.91 Å². The number of aromatic nitrogens is 2. The van der Waals surface area contributed by atoms with Crippen LogP contribution in [0.2, 0.25) is 0 Å². The lowest BCUT2D eigenvalue weighted by Crippen LogP contribution is -2.45. The molecule has 8 heteroatoms. The molecule has 1 fully saturated rings. The van der Waals surface area contributed by atoms with Crippen LogP contribution in [0.1, 0.15) is 41.4 Å². The van der Waals surface area contributed by atoms with Crippen molar-refractivity contribution in [1.29, 1.82) is 0 Å². The van der Waals surface area contributed by atoms with E-state index in [9.17, 15) is 18.0 Å². The Morgan fingerprint density at radius 3 is 2.78 bits per heavy atom. The Bertz CT molecular complexity index is 829. The van der Waals surface area contributed by atoms with Crippen molar-refractivity contribution in [2.24, 2.45) is 11.7 Å². The predicted octanol–water partition coefficient (Wildman–Crippen LogP) is 3.40. The zero-order valence-corrected chi connectivity index (χ0v) is 15.3. The summed E-state index contributed by atoms with van der Waals surface area (Å²) in [5, 5.41) is 4.16. The number of hydrogen-bond acceptors (Lipinski definition) is 3. The third-order valence-electron chi connectivity index (χ3n) is 5.15. The number of piperidine rings is 1. The summed E-state index contributed by atoms with van der Waals surface area (Å²) in [5.41, 5.74) is 6.42. The Balaban J connectivity index is 1.86. The van der Waals surface area contributed by atoms with Crippen LogP contribution in [0.4, 0.5) is 13.2 Å². The van der Waals surface area contributed by atoms with Gasteiger partial charge in [-0.2, -0.15) is 18.3 Å². The number of carbonyl (C=O) groups excluding carboxylic acids is 1. The largest absolute Gasteiger partial charge is 0.416 e. The van der Waals surface area contributed by atoms with Gasteiger partial charge in [0.15, 0.2) is 0 Å². The Labute approximate surface area is 155 Å². The van der Waals surface area contributed by atoms with Crippen molar-refractivity contribution in [2.75, 3.05) is 13.1 Å². The van der Waals surface area contributed by atoms with Crippen LogP contribution in [0.3, 0.4) is 0 Å². The van der Waals surface area contributed by atoms with Gasteiger partial charge in [-0.05, 0) is 50.8 Å². The molecule has 0 radical (unpaired) electrons. The van der Waals surface area contributed by atoms with Gasteiger partial charge in [0.2, 0.25) is 0 Å². The number of nitrogens with two attached hydrogens (primary N) is 1. The highest BCUT2D eigenvalue weighted by molar-refractivity contribution is 5.95. The average molecular weight is 380 g/mol. The highest BCUT2D eigenvalue weighted by atomic mass is 19.4. The summed E-state index contributed by atoms with van der Waals surface area (Å²) in [7, 11) is 0. The molecule has 1 saturated heterocycles. The first-order valence-electron chi connectivity index (χ1n) is 8.95. The lowest BCUT2D eigenvalue weighted by molar-refractivity contribution is -0.137. The van der Waals surface area contributed by atoms with E-state index < -0.39 is 11.7 Å². The van der Waals surface area contributed by atoms with Crippen molar-refractivity contribution in [3.63, 3.8) is 0 Å². The highest BCUT2D eigenvalue weighted by Gasteiger charge is 2.31. The Kier molecular flexibility index (Phi) is 5.28. The summed E-state index contributed by atoms with van der Waals surface area (Å²) in [6.07, 6.45) is -1.13. The maximum atomic E-state index is 13.0. The third kappa shape index (κ3) is 4.00. The van der Waals surface area contributed by atoms with Crippen molar-refractivity contribution < 1.29 is 18.0 Å². The molecule has 0 bridgehead atoms. The molecule has 1 aliphatic rings. The summed E-state index contributed by atoms with van der Waals surface area (Å²) in [6, 6.07) is 4.92. The number of rotatable bonds is 3. The van der Waals surface area contributed by atoms with Gasteiger partial charge in [0.1, 0.15) is 0 Å². The third-order valence-corrected chi connectivity index (χ3v) is 5.15. The standard InChI is InChI=1S/C19H23F3N4O/c1-12(23)14-5-4-8-25(11-14)18(27)17-10-24-26(13(17)2)16-7-3-6-15(9-16)19(20,21)22/h3,6-7,9-10,12,14H,4-5,8,11,23H2,1-2H3. The van der Waals surface area contributed by atoms with Crippen LogP contribution in [0.15, 0.2) is 30.5 Å². The van der Waals surface area contributed by atoms with Gasteiger partial charge in [0.05, 0.1) is 28.7 Å². The van der Waals surface area contributed by atoms with E-state index in [1.165, 1.54) is 23.0 Å². The quantitative estimate of drug-likeness (QED) is 0.888. The van der Waals surface area contributed by atoms with E-state index in [0.717, 1.165) is 25.0 Å². The number of likely N-dealkylation sites (tertiary alicyclic amines) is 1. The molecule has 0 saturated carbocycles. The average Bonchev–Trinajstić information content (AvgIpc) is 3.02. The molecule has 27 heavy (non-hydrogen) atoms. The van der Waals surface area contributed by atoms with E-state index in [1.807, 2.05) is 6.92 Å². The number of halogens is 3. The van der Waals surface area contributed by atoms with Crippen LogP contribution >= 0.6 is 0 Å². The lowest BCUT2D eigenvalue weighted by Gasteiger charge is -2.34. The van der Waals surface area contributed by atoms with E-state index in [4.69, 9.17) is 5.73 Å². The predicted molar refractivity (Wildman–Crippen MR) is 95.6 cm³/mol. The summed E-state index contributed by atoms with van der Waals surface area (Å²) >= 11 is 0. The molecule has 3 rings (SSSR count). The molecule has 2 atom stereocenters. The van der Waals surface area contributed by atoms with E-state index >= 15 is 0 Å². The van der Waals surface area contributed by atoms with Crippen LogP contribution in [0.25, 0.3) is 5.69 Å². The molecular weight excluding hydrogens is 357 g/mol. The smallest absolute Gasteiger partial charge is 0.338 e. The Morgan fingerprint density at radius 2 is 2.11 bits per heavy atom. The van der Waals surface area contributed by atoms with Crippen LogP contribution in [0, 0.1) is 12.8 Å². The molecule has 1 aromatic heterocycles. The summed E-state index contributed by atoms with van der Waals surface area (Å²) in [5.74, 6) is 0.0950. The molecule has 2 N–H and O–H groups in total. The van der Waals surface area contributed by atoms with Gasteiger partial charge in [-0.1, -0.05) is 6.07 Å². The van der Waals surface area contributed by atoms with E-state index in [2.05, 4.69) is 5.10 Å². The number of hydrogen-bond donors (Lipinski definition) is 1. The van der Waals surface area contributed by atoms with E-state index in [1.54, 1.807) is 11.8 Å². The van der Waals surface area contributed by atoms with Gasteiger partial charge in [-0.3, -0.25) is 4.79 Å². The van der Waals surface area contributed by atoms with Gasteiger partial charge in [-0.25, -0.2) is 4.68 Å². The molecule has 5 nitrogen and oxygen atoms in total. The molecule has 2 unspecified atom stereocenters. The minimum Gasteiger partial charge on any atom is -0.338 e. The fraction of sp³-hybridized carbons (Fsp3) is 0.474. The molecule has 1 aromatic carbocycles. The normalized spacial score (nSPS) is 19.2. The molecule has 2 heterocycles. The molecule has 2 aromatic rings. The number of amides is 1. The number of nitrogens with zero attached hydrogens (tertiary/aromatic N) is 3. The first-order chi connectivity index (χ1) is 12.7. The zero-order valence-electron chi connectivity index (χ0n) is 15.3. The Hall–Kier alpha value is -2.35. The van der Waals surface area contributed by atoms with Gasteiger partial charge < -0.3 is 10.6 Å². The van der Waals surface area contributed by atoms with Gasteiger partial charge >= 0.3 is 6.18 Å². The summed E-state index contributed by atoms with van der Waals surface area (Å²) in [4.78, 5) is 14.7.